The molecule has 2 atom stereocenters. The van der Waals surface area contributed by atoms with E-state index < -0.39 is 0 Å². The van der Waals surface area contributed by atoms with E-state index in [4.69, 9.17) is 5.73 Å². The summed E-state index contributed by atoms with van der Waals surface area (Å²) in [6, 6.07) is 6.11. The highest BCUT2D eigenvalue weighted by atomic mass is 79.9. The van der Waals surface area contributed by atoms with Crippen molar-refractivity contribution in [3.05, 3.63) is 28.9 Å². The minimum atomic E-state index is 0.723. The Labute approximate surface area is 128 Å². The quantitative estimate of drug-likeness (QED) is 0.873. The van der Waals surface area contributed by atoms with E-state index in [0.717, 1.165) is 45.1 Å². The summed E-state index contributed by atoms with van der Waals surface area (Å²) in [5.41, 5.74) is 8.84. The molecule has 0 aliphatic heterocycles. The lowest BCUT2D eigenvalue weighted by Crippen LogP contribution is -2.17. The Morgan fingerprint density at radius 2 is 2.25 bits per heavy atom. The lowest BCUT2D eigenvalue weighted by Gasteiger charge is -2.19. The van der Waals surface area contributed by atoms with Gasteiger partial charge < -0.3 is 11.1 Å². The Morgan fingerprint density at radius 1 is 1.40 bits per heavy atom. The van der Waals surface area contributed by atoms with Gasteiger partial charge in [0.1, 0.15) is 0 Å². The molecule has 0 amide bonds. The molecule has 1 aliphatic rings. The SMILES string of the molecule is CC1CCCC1CNc1c(N)cnc2ccc(Br)cc12. The van der Waals surface area contributed by atoms with Gasteiger partial charge in [0.25, 0.3) is 0 Å². The maximum absolute atomic E-state index is 6.12. The third-order valence-corrected chi connectivity index (χ3v) is 4.93. The van der Waals surface area contributed by atoms with Crippen LogP contribution in [0.1, 0.15) is 26.2 Å². The van der Waals surface area contributed by atoms with Gasteiger partial charge >= 0.3 is 0 Å². The molecule has 2 aromatic rings. The minimum absolute atomic E-state index is 0.723. The van der Waals surface area contributed by atoms with Crippen molar-refractivity contribution in [2.75, 3.05) is 17.6 Å². The van der Waals surface area contributed by atoms with Crippen molar-refractivity contribution in [3.8, 4) is 0 Å². The van der Waals surface area contributed by atoms with Crippen molar-refractivity contribution in [2.45, 2.75) is 26.2 Å². The predicted octanol–water partition coefficient (Wildman–Crippen LogP) is 4.43. The zero-order valence-corrected chi connectivity index (χ0v) is 13.3. The first-order chi connectivity index (χ1) is 9.65. The van der Waals surface area contributed by atoms with E-state index in [2.05, 4.69) is 39.2 Å². The van der Waals surface area contributed by atoms with Crippen LogP contribution in [0.3, 0.4) is 0 Å². The minimum Gasteiger partial charge on any atom is -0.396 e. The van der Waals surface area contributed by atoms with Crippen molar-refractivity contribution in [3.63, 3.8) is 0 Å². The van der Waals surface area contributed by atoms with Gasteiger partial charge in [-0.3, -0.25) is 4.98 Å². The fourth-order valence-electron chi connectivity index (χ4n) is 3.14. The Bertz CT molecular complexity index is 621. The molecule has 2 unspecified atom stereocenters. The molecule has 1 aromatic heterocycles. The number of hydrogen-bond donors (Lipinski definition) is 2. The average Bonchev–Trinajstić information content (AvgIpc) is 2.83. The maximum atomic E-state index is 6.12. The van der Waals surface area contributed by atoms with E-state index in [1.54, 1.807) is 6.20 Å². The number of nitrogen functional groups attached to an aromatic ring is 1. The number of nitrogens with two attached hydrogens (primary N) is 1. The van der Waals surface area contributed by atoms with Gasteiger partial charge in [0, 0.05) is 16.4 Å². The van der Waals surface area contributed by atoms with Gasteiger partial charge in [0.05, 0.1) is 23.1 Å². The van der Waals surface area contributed by atoms with Crippen LogP contribution in [0.15, 0.2) is 28.9 Å². The molecule has 20 heavy (non-hydrogen) atoms. The van der Waals surface area contributed by atoms with Gasteiger partial charge in [-0.05, 0) is 36.5 Å². The molecule has 0 spiro atoms. The Balaban J connectivity index is 1.89. The van der Waals surface area contributed by atoms with Gasteiger partial charge in [-0.25, -0.2) is 0 Å². The van der Waals surface area contributed by atoms with Gasteiger partial charge in [-0.1, -0.05) is 35.7 Å². The van der Waals surface area contributed by atoms with Gasteiger partial charge in [-0.15, -0.1) is 0 Å². The van der Waals surface area contributed by atoms with Crippen molar-refractivity contribution >= 4 is 38.2 Å². The molecule has 3 N–H and O–H groups in total. The number of pyridine rings is 1. The van der Waals surface area contributed by atoms with Crippen LogP contribution in [-0.4, -0.2) is 11.5 Å². The van der Waals surface area contributed by atoms with Gasteiger partial charge in [0.2, 0.25) is 0 Å². The summed E-state index contributed by atoms with van der Waals surface area (Å²) < 4.78 is 1.05. The maximum Gasteiger partial charge on any atom is 0.0743 e. The zero-order chi connectivity index (χ0) is 14.1. The first kappa shape index (κ1) is 13.7. The number of hydrogen-bond acceptors (Lipinski definition) is 3. The largest absolute Gasteiger partial charge is 0.396 e. The van der Waals surface area contributed by atoms with Crippen LogP contribution in [0.4, 0.5) is 11.4 Å². The third-order valence-electron chi connectivity index (χ3n) is 4.44. The molecule has 0 bridgehead atoms. The number of rotatable bonds is 3. The molecule has 1 aromatic carbocycles. The van der Waals surface area contributed by atoms with Crippen LogP contribution < -0.4 is 11.1 Å². The third kappa shape index (κ3) is 2.62. The summed E-state index contributed by atoms with van der Waals surface area (Å²) in [7, 11) is 0. The Hall–Kier alpha value is -1.29. The normalized spacial score (nSPS) is 22.3. The fourth-order valence-corrected chi connectivity index (χ4v) is 3.50. The summed E-state index contributed by atoms with van der Waals surface area (Å²) in [5.74, 6) is 1.56. The highest BCUT2D eigenvalue weighted by molar-refractivity contribution is 9.10. The first-order valence-electron chi connectivity index (χ1n) is 7.23. The van der Waals surface area contributed by atoms with Crippen LogP contribution in [0.2, 0.25) is 0 Å². The van der Waals surface area contributed by atoms with Gasteiger partial charge in [-0.2, -0.15) is 0 Å². The molecular formula is C16H20BrN3. The van der Waals surface area contributed by atoms with Crippen molar-refractivity contribution in [1.29, 1.82) is 0 Å². The molecule has 1 saturated carbocycles. The second kappa shape index (κ2) is 5.60. The van der Waals surface area contributed by atoms with Crippen LogP contribution >= 0.6 is 15.9 Å². The number of benzene rings is 1. The van der Waals surface area contributed by atoms with Crippen molar-refractivity contribution in [1.82, 2.24) is 4.98 Å². The molecule has 1 aliphatic carbocycles. The van der Waals surface area contributed by atoms with E-state index >= 15 is 0 Å². The lowest BCUT2D eigenvalue weighted by atomic mass is 9.98. The molecule has 0 saturated heterocycles. The summed E-state index contributed by atoms with van der Waals surface area (Å²) in [4.78, 5) is 4.39. The highest BCUT2D eigenvalue weighted by Gasteiger charge is 2.23. The van der Waals surface area contributed by atoms with Crippen molar-refractivity contribution in [2.24, 2.45) is 11.8 Å². The molecular weight excluding hydrogens is 314 g/mol. The number of nitrogens with one attached hydrogen (secondary N) is 1. The van der Waals surface area contributed by atoms with E-state index in [-0.39, 0.29) is 0 Å². The van der Waals surface area contributed by atoms with Crippen LogP contribution in [0, 0.1) is 11.8 Å². The molecule has 4 heteroatoms. The summed E-state index contributed by atoms with van der Waals surface area (Å²) in [5, 5.41) is 4.66. The van der Waals surface area contributed by atoms with Crippen molar-refractivity contribution < 1.29 is 0 Å². The summed E-state index contributed by atoms with van der Waals surface area (Å²) in [6.45, 7) is 3.35. The first-order valence-corrected chi connectivity index (χ1v) is 8.02. The second-order valence-electron chi connectivity index (χ2n) is 5.80. The van der Waals surface area contributed by atoms with Gasteiger partial charge in [0.15, 0.2) is 0 Å². The molecule has 1 heterocycles. The van der Waals surface area contributed by atoms with E-state index in [0.29, 0.717) is 0 Å². The number of halogens is 1. The topological polar surface area (TPSA) is 50.9 Å². The number of aromatic nitrogens is 1. The van der Waals surface area contributed by atoms with E-state index in [1.165, 1.54) is 19.3 Å². The lowest BCUT2D eigenvalue weighted by molar-refractivity contribution is 0.440. The molecule has 3 rings (SSSR count). The molecule has 106 valence electrons. The number of fused-ring (bicyclic) bond motifs is 1. The number of anilines is 2. The summed E-state index contributed by atoms with van der Waals surface area (Å²) >= 11 is 3.52. The van der Waals surface area contributed by atoms with E-state index in [9.17, 15) is 0 Å². The van der Waals surface area contributed by atoms with Crippen LogP contribution in [0.25, 0.3) is 10.9 Å². The highest BCUT2D eigenvalue weighted by Crippen LogP contribution is 2.34. The van der Waals surface area contributed by atoms with E-state index in [1.807, 2.05) is 12.1 Å². The monoisotopic (exact) mass is 333 g/mol. The average molecular weight is 334 g/mol. The predicted molar refractivity (Wildman–Crippen MR) is 88.9 cm³/mol. The standard InChI is InChI=1S/C16H20BrN3/c1-10-3-2-4-11(10)8-20-16-13-7-12(17)5-6-15(13)19-9-14(16)18/h5-7,9-11H,2-4,8,18H2,1H3,(H,19,20). The molecule has 1 fully saturated rings. The van der Waals surface area contributed by atoms with Crippen LogP contribution in [0.5, 0.6) is 0 Å². The Morgan fingerprint density at radius 3 is 3.00 bits per heavy atom. The zero-order valence-electron chi connectivity index (χ0n) is 11.7. The fraction of sp³-hybridized carbons (Fsp3) is 0.438. The van der Waals surface area contributed by atoms with Crippen LogP contribution in [-0.2, 0) is 0 Å². The smallest absolute Gasteiger partial charge is 0.0743 e. The second-order valence-corrected chi connectivity index (χ2v) is 6.71. The number of nitrogens with zero attached hydrogens (tertiary/aromatic N) is 1. The molecule has 3 nitrogen and oxygen atoms in total. The Kier molecular flexibility index (Phi) is 3.83. The summed E-state index contributed by atoms with van der Waals surface area (Å²) in [6.07, 6.45) is 5.77. The molecule has 0 radical (unpaired) electrons.